The lowest BCUT2D eigenvalue weighted by Crippen LogP contribution is -2.15. The minimum atomic E-state index is -0.833. The second-order valence-electron chi connectivity index (χ2n) is 3.70. The maximum atomic E-state index is 13.0. The van der Waals surface area contributed by atoms with Crippen LogP contribution in [0, 0.1) is 15.9 Å². The van der Waals surface area contributed by atoms with Crippen LogP contribution < -0.4 is 5.32 Å². The second kappa shape index (κ2) is 6.22. The lowest BCUT2D eigenvalue weighted by atomic mass is 10.1. The number of nitrogens with zero attached hydrogens (tertiary/aromatic N) is 3. The average molecular weight is 420 g/mol. The number of aromatic nitrogens is 2. The molecule has 0 aliphatic rings. The van der Waals surface area contributed by atoms with E-state index in [-0.39, 0.29) is 16.0 Å². The first-order chi connectivity index (χ1) is 9.88. The van der Waals surface area contributed by atoms with E-state index in [0.717, 1.165) is 12.1 Å². The number of amides is 1. The van der Waals surface area contributed by atoms with Crippen molar-refractivity contribution in [3.8, 4) is 0 Å². The van der Waals surface area contributed by atoms with E-state index in [2.05, 4.69) is 47.1 Å². The average Bonchev–Trinajstić information content (AvgIpc) is 2.41. The molecule has 0 saturated carbocycles. The van der Waals surface area contributed by atoms with Crippen LogP contribution in [0.1, 0.15) is 10.4 Å². The molecule has 0 radical (unpaired) electrons. The first-order valence-corrected chi connectivity index (χ1v) is 6.90. The van der Waals surface area contributed by atoms with Gasteiger partial charge in [0, 0.05) is 0 Å². The van der Waals surface area contributed by atoms with Crippen molar-refractivity contribution in [2.45, 2.75) is 0 Å². The van der Waals surface area contributed by atoms with E-state index in [1.807, 2.05) is 0 Å². The Morgan fingerprint density at radius 2 is 2.10 bits per heavy atom. The molecule has 0 saturated heterocycles. The van der Waals surface area contributed by atoms with Gasteiger partial charge in [-0.15, -0.1) is 0 Å². The normalized spacial score (nSPS) is 10.2. The van der Waals surface area contributed by atoms with Gasteiger partial charge in [0.25, 0.3) is 11.6 Å². The lowest BCUT2D eigenvalue weighted by Gasteiger charge is -2.06. The van der Waals surface area contributed by atoms with Crippen LogP contribution in [0.3, 0.4) is 0 Å². The summed E-state index contributed by atoms with van der Waals surface area (Å²) in [5, 5.41) is 13.2. The number of hydrogen-bond donors (Lipinski definition) is 1. The fourth-order valence-electron chi connectivity index (χ4n) is 1.45. The monoisotopic (exact) mass is 418 g/mol. The van der Waals surface area contributed by atoms with Gasteiger partial charge in [0.15, 0.2) is 5.82 Å². The number of benzene rings is 1. The van der Waals surface area contributed by atoms with Gasteiger partial charge in [-0.1, -0.05) is 0 Å². The highest BCUT2D eigenvalue weighted by Crippen LogP contribution is 2.23. The van der Waals surface area contributed by atoms with E-state index in [0.29, 0.717) is 10.7 Å². The number of nitro benzene ring substituents is 1. The maximum absolute atomic E-state index is 13.0. The van der Waals surface area contributed by atoms with E-state index in [4.69, 9.17) is 0 Å². The Hall–Kier alpha value is -1.94. The number of nitrogens with one attached hydrogen (secondary N) is 1. The molecule has 0 aliphatic carbocycles. The fourth-order valence-corrected chi connectivity index (χ4v) is 2.36. The topological polar surface area (TPSA) is 98.0 Å². The van der Waals surface area contributed by atoms with Crippen molar-refractivity contribution in [3.63, 3.8) is 0 Å². The predicted octanol–water partition coefficient (Wildman–Crippen LogP) is 3.30. The highest BCUT2D eigenvalue weighted by atomic mass is 79.9. The summed E-state index contributed by atoms with van der Waals surface area (Å²) in [5.41, 5.74) is -0.910. The number of carbonyl (C=O) groups excluding carboxylic acids is 1. The molecule has 1 N–H and O–H groups in total. The quantitative estimate of drug-likeness (QED) is 0.607. The third kappa shape index (κ3) is 3.58. The Labute approximate surface area is 134 Å². The van der Waals surface area contributed by atoms with Crippen molar-refractivity contribution < 1.29 is 14.1 Å². The van der Waals surface area contributed by atoms with Crippen molar-refractivity contribution in [1.29, 1.82) is 0 Å². The molecule has 1 aromatic heterocycles. The van der Waals surface area contributed by atoms with Crippen LogP contribution in [0.4, 0.5) is 15.9 Å². The summed E-state index contributed by atoms with van der Waals surface area (Å²) < 4.78 is 13.7. The summed E-state index contributed by atoms with van der Waals surface area (Å²) in [6, 6.07) is 2.67. The number of rotatable bonds is 3. The summed E-state index contributed by atoms with van der Waals surface area (Å²) in [4.78, 5) is 29.9. The van der Waals surface area contributed by atoms with Gasteiger partial charge >= 0.3 is 0 Å². The number of carbonyl (C=O) groups is 1. The van der Waals surface area contributed by atoms with Gasteiger partial charge in [0.2, 0.25) is 0 Å². The molecule has 0 aliphatic heterocycles. The maximum Gasteiger partial charge on any atom is 0.285 e. The van der Waals surface area contributed by atoms with Gasteiger partial charge in [-0.05, 0) is 44.0 Å². The van der Waals surface area contributed by atoms with Crippen molar-refractivity contribution in [1.82, 2.24) is 9.97 Å². The Bertz CT molecular complexity index is 741. The molecule has 2 aromatic rings. The predicted molar refractivity (Wildman–Crippen MR) is 78.4 cm³/mol. The van der Waals surface area contributed by atoms with Crippen molar-refractivity contribution in [2.75, 3.05) is 5.32 Å². The van der Waals surface area contributed by atoms with Gasteiger partial charge in [-0.3, -0.25) is 14.9 Å². The Morgan fingerprint density at radius 1 is 1.38 bits per heavy atom. The molecule has 2 rings (SSSR count). The zero-order valence-corrected chi connectivity index (χ0v) is 13.2. The van der Waals surface area contributed by atoms with Crippen LogP contribution in [0.25, 0.3) is 0 Å². The van der Waals surface area contributed by atoms with E-state index in [1.165, 1.54) is 6.20 Å². The first kappa shape index (κ1) is 15.4. The van der Waals surface area contributed by atoms with Crippen LogP contribution in [-0.2, 0) is 0 Å². The summed E-state index contributed by atoms with van der Waals surface area (Å²) in [6.07, 6.45) is 1.35. The molecule has 1 heterocycles. The molecule has 0 fully saturated rings. The molecular formula is C11H5Br2FN4O3. The first-order valence-electron chi connectivity index (χ1n) is 5.32. The third-order valence-electron chi connectivity index (χ3n) is 2.33. The van der Waals surface area contributed by atoms with E-state index in [1.54, 1.807) is 0 Å². The molecule has 1 amide bonds. The number of anilines is 1. The van der Waals surface area contributed by atoms with Crippen LogP contribution in [0.15, 0.2) is 33.6 Å². The van der Waals surface area contributed by atoms with Crippen LogP contribution >= 0.6 is 31.9 Å². The molecule has 0 bridgehead atoms. The van der Waals surface area contributed by atoms with E-state index >= 15 is 0 Å². The molecule has 10 heteroatoms. The third-order valence-corrected chi connectivity index (χ3v) is 3.27. The SMILES string of the molecule is O=C(Nc1ncc(Br)nc1Br)c1ccc(F)cc1[N+](=O)[O-]. The molecule has 108 valence electrons. The fraction of sp³-hybridized carbons (Fsp3) is 0. The van der Waals surface area contributed by atoms with E-state index in [9.17, 15) is 19.3 Å². The van der Waals surface area contributed by atoms with Crippen molar-refractivity contribution >= 4 is 49.3 Å². The number of halogens is 3. The molecule has 0 unspecified atom stereocenters. The zero-order chi connectivity index (χ0) is 15.6. The van der Waals surface area contributed by atoms with E-state index < -0.39 is 22.3 Å². The van der Waals surface area contributed by atoms with Gasteiger partial charge in [0.1, 0.15) is 20.6 Å². The summed E-state index contributed by atoms with van der Waals surface area (Å²) >= 11 is 6.19. The van der Waals surface area contributed by atoms with Gasteiger partial charge in [-0.25, -0.2) is 14.4 Å². The van der Waals surface area contributed by atoms with Crippen molar-refractivity contribution in [2.24, 2.45) is 0 Å². The minimum absolute atomic E-state index is 0.0850. The molecule has 0 spiro atoms. The molecule has 7 nitrogen and oxygen atoms in total. The van der Waals surface area contributed by atoms with Gasteiger partial charge in [-0.2, -0.15) is 0 Å². The Kier molecular flexibility index (Phi) is 4.58. The highest BCUT2D eigenvalue weighted by Gasteiger charge is 2.22. The van der Waals surface area contributed by atoms with Crippen LogP contribution in [-0.4, -0.2) is 20.8 Å². The van der Waals surface area contributed by atoms with Crippen LogP contribution in [0.5, 0.6) is 0 Å². The second-order valence-corrected chi connectivity index (χ2v) is 5.27. The van der Waals surface area contributed by atoms with Crippen molar-refractivity contribution in [3.05, 3.63) is 55.1 Å². The van der Waals surface area contributed by atoms with Gasteiger partial charge < -0.3 is 5.32 Å². The smallest absolute Gasteiger partial charge is 0.285 e. The largest absolute Gasteiger partial charge is 0.304 e. The lowest BCUT2D eigenvalue weighted by molar-refractivity contribution is -0.385. The molecule has 21 heavy (non-hydrogen) atoms. The zero-order valence-electron chi connectivity index (χ0n) is 10.0. The molecule has 1 aromatic carbocycles. The summed E-state index contributed by atoms with van der Waals surface area (Å²) in [6.45, 7) is 0. The number of hydrogen-bond acceptors (Lipinski definition) is 5. The Morgan fingerprint density at radius 3 is 2.71 bits per heavy atom. The summed E-state index contributed by atoms with van der Waals surface area (Å²) in [5.74, 6) is -1.51. The van der Waals surface area contributed by atoms with Gasteiger partial charge in [0.05, 0.1) is 17.2 Å². The minimum Gasteiger partial charge on any atom is -0.304 e. The highest BCUT2D eigenvalue weighted by molar-refractivity contribution is 9.11. The molecular weight excluding hydrogens is 415 g/mol. The summed E-state index contributed by atoms with van der Waals surface area (Å²) in [7, 11) is 0. The van der Waals surface area contributed by atoms with Crippen LogP contribution in [0.2, 0.25) is 0 Å². The standard InChI is InChI=1S/C11H5Br2FN4O3/c12-8-4-15-10(9(13)16-8)17-11(19)6-2-1-5(14)3-7(6)18(20)21/h1-4H,(H,15,17,19). The number of nitro groups is 1. The Balaban J connectivity index is 2.34. The molecule has 0 atom stereocenters.